The maximum absolute atomic E-state index is 5.92. The Morgan fingerprint density at radius 3 is 1.71 bits per heavy atom. The number of hydrogen-bond acceptors (Lipinski definition) is 9. The SMILES string of the molecule is C.Cc1ncc(C)n2nc(CCc3nc4c5c(ccn4c3C)CCCC5)nc12.Cc1ncc(C)n2nc(CCc3nc4c5c(ccn4c3C)CCCO5)nc12. The van der Waals surface area contributed by atoms with Gasteiger partial charge in [-0.25, -0.2) is 29.0 Å². The van der Waals surface area contributed by atoms with E-state index in [2.05, 4.69) is 72.3 Å². The molecule has 0 aromatic carbocycles. The molecule has 0 amide bonds. The lowest BCUT2D eigenvalue weighted by Crippen LogP contribution is -2.09. The van der Waals surface area contributed by atoms with Crippen molar-refractivity contribution < 1.29 is 4.74 Å². The molecule has 0 saturated carbocycles. The minimum atomic E-state index is 0. The molecule has 1 aliphatic heterocycles. The zero-order valence-corrected chi connectivity index (χ0v) is 32.0. The van der Waals surface area contributed by atoms with E-state index in [1.165, 1.54) is 41.6 Å². The first-order valence-electron chi connectivity index (χ1n) is 19.2. The van der Waals surface area contributed by atoms with Crippen LogP contribution in [0.15, 0.2) is 36.9 Å². The van der Waals surface area contributed by atoms with E-state index in [9.17, 15) is 0 Å². The summed E-state index contributed by atoms with van der Waals surface area (Å²) in [6.07, 6.45) is 18.2. The lowest BCUT2D eigenvalue weighted by Gasteiger charge is -2.17. The molecule has 13 nitrogen and oxygen atoms in total. The highest BCUT2D eigenvalue weighted by molar-refractivity contribution is 5.61. The Labute approximate surface area is 320 Å². The molecule has 13 heteroatoms. The smallest absolute Gasteiger partial charge is 0.180 e. The Hall–Kier alpha value is -5.72. The van der Waals surface area contributed by atoms with Crippen molar-refractivity contribution in [3.05, 3.63) is 111 Å². The standard InChI is InChI=1S/C21H24N6.C20H22N6O.CH4/c1-13-12-22-14(2)20-24-19(25-27(13)20)9-8-18-15(3)26-11-10-16-6-4-5-7-17(16)21(26)23-18;1-12-11-21-13(2)19-23-17(24-26(12)19)7-6-16-14(3)25-9-8-15-5-4-10-27-18(15)20(25)22-16;/h10-12H,4-9H2,1-3H3;8-9,11H,4-7,10H2,1-3H3;1H4. The fourth-order valence-electron chi connectivity index (χ4n) is 7.99. The van der Waals surface area contributed by atoms with E-state index in [4.69, 9.17) is 19.7 Å². The van der Waals surface area contributed by atoms with E-state index in [-0.39, 0.29) is 7.43 Å². The molecular formula is C42H50N12O. The van der Waals surface area contributed by atoms with Crippen LogP contribution in [0.4, 0.5) is 0 Å². The summed E-state index contributed by atoms with van der Waals surface area (Å²) < 4.78 is 14.1. The monoisotopic (exact) mass is 738 g/mol. The first-order chi connectivity index (χ1) is 26.2. The highest BCUT2D eigenvalue weighted by atomic mass is 16.5. The van der Waals surface area contributed by atoms with Crippen molar-refractivity contribution in [3.63, 3.8) is 0 Å². The molecule has 1 aliphatic carbocycles. The number of ether oxygens (including phenoxy) is 1. The number of imidazole rings is 2. The second kappa shape index (κ2) is 14.5. The average Bonchev–Trinajstić information content (AvgIpc) is 3.98. The Kier molecular flexibility index (Phi) is 9.56. The van der Waals surface area contributed by atoms with Crippen LogP contribution in [0.25, 0.3) is 22.6 Å². The molecule has 2 aliphatic rings. The zero-order valence-electron chi connectivity index (χ0n) is 32.0. The second-order valence-corrected chi connectivity index (χ2v) is 14.8. The van der Waals surface area contributed by atoms with Gasteiger partial charge in [0, 0.05) is 49.0 Å². The van der Waals surface area contributed by atoms with Crippen LogP contribution in [-0.2, 0) is 44.9 Å². The number of aromatic nitrogens is 12. The highest BCUT2D eigenvalue weighted by Gasteiger charge is 2.20. The number of aryl methyl sites for hydroxylation is 13. The van der Waals surface area contributed by atoms with Gasteiger partial charge in [-0.2, -0.15) is 10.2 Å². The molecular weight excluding hydrogens is 689 g/mol. The lowest BCUT2D eigenvalue weighted by atomic mass is 9.93. The normalized spacial score (nSPS) is 13.8. The molecule has 8 aromatic rings. The third-order valence-electron chi connectivity index (χ3n) is 11.1. The molecule has 0 atom stereocenters. The van der Waals surface area contributed by atoms with Gasteiger partial charge in [-0.15, -0.1) is 0 Å². The Morgan fingerprint density at radius 2 is 1.11 bits per heavy atom. The Balaban J connectivity index is 0.000000153. The summed E-state index contributed by atoms with van der Waals surface area (Å²) in [4.78, 5) is 28.0. The van der Waals surface area contributed by atoms with Crippen LogP contribution in [-0.4, -0.2) is 64.5 Å². The third kappa shape index (κ3) is 6.48. The molecule has 9 heterocycles. The summed E-state index contributed by atoms with van der Waals surface area (Å²) in [6, 6.07) is 4.43. The fraction of sp³-hybridized carbons (Fsp3) is 0.429. The van der Waals surface area contributed by atoms with Crippen molar-refractivity contribution in [1.82, 2.24) is 57.9 Å². The van der Waals surface area contributed by atoms with Gasteiger partial charge in [0.15, 0.2) is 34.3 Å². The molecule has 0 radical (unpaired) electrons. The van der Waals surface area contributed by atoms with Crippen molar-refractivity contribution >= 4 is 22.6 Å². The van der Waals surface area contributed by atoms with Gasteiger partial charge in [0.1, 0.15) is 5.65 Å². The van der Waals surface area contributed by atoms with Crippen LogP contribution in [0.3, 0.4) is 0 Å². The van der Waals surface area contributed by atoms with Crippen LogP contribution in [0.2, 0.25) is 0 Å². The molecule has 0 bridgehead atoms. The topological polar surface area (TPSA) is 130 Å². The van der Waals surface area contributed by atoms with E-state index in [0.29, 0.717) is 0 Å². The minimum Gasteiger partial charge on any atom is -0.489 e. The van der Waals surface area contributed by atoms with Gasteiger partial charge in [0.2, 0.25) is 0 Å². The average molecular weight is 739 g/mol. The van der Waals surface area contributed by atoms with Gasteiger partial charge in [-0.05, 0) is 122 Å². The van der Waals surface area contributed by atoms with Gasteiger partial charge < -0.3 is 13.5 Å². The van der Waals surface area contributed by atoms with Crippen molar-refractivity contribution in [1.29, 1.82) is 0 Å². The molecule has 8 aromatic heterocycles. The van der Waals surface area contributed by atoms with E-state index in [1.54, 1.807) is 0 Å². The first-order valence-corrected chi connectivity index (χ1v) is 19.2. The summed E-state index contributed by atoms with van der Waals surface area (Å²) >= 11 is 0. The van der Waals surface area contributed by atoms with Gasteiger partial charge >= 0.3 is 0 Å². The maximum Gasteiger partial charge on any atom is 0.180 e. The van der Waals surface area contributed by atoms with Crippen LogP contribution < -0.4 is 4.74 Å². The molecule has 284 valence electrons. The highest BCUT2D eigenvalue weighted by Crippen LogP contribution is 2.31. The van der Waals surface area contributed by atoms with E-state index < -0.39 is 0 Å². The maximum atomic E-state index is 5.92. The number of fused-ring (bicyclic) bond motifs is 8. The van der Waals surface area contributed by atoms with Crippen LogP contribution in [0, 0.1) is 41.5 Å². The number of nitrogens with zero attached hydrogens (tertiary/aromatic N) is 12. The summed E-state index contributed by atoms with van der Waals surface area (Å²) in [7, 11) is 0. The van der Waals surface area contributed by atoms with Crippen molar-refractivity contribution in [3.8, 4) is 5.75 Å². The molecule has 0 fully saturated rings. The number of hydrogen-bond donors (Lipinski definition) is 0. The molecule has 10 rings (SSSR count). The minimum absolute atomic E-state index is 0. The summed E-state index contributed by atoms with van der Waals surface area (Å²) in [5, 5.41) is 9.32. The molecule has 55 heavy (non-hydrogen) atoms. The predicted octanol–water partition coefficient (Wildman–Crippen LogP) is 6.80. The van der Waals surface area contributed by atoms with Crippen LogP contribution in [0.1, 0.15) is 101 Å². The largest absolute Gasteiger partial charge is 0.489 e. The van der Waals surface area contributed by atoms with Gasteiger partial charge in [-0.3, -0.25) is 9.97 Å². The first kappa shape index (κ1) is 36.3. The van der Waals surface area contributed by atoms with Crippen LogP contribution in [0.5, 0.6) is 5.75 Å². The number of pyridine rings is 2. The van der Waals surface area contributed by atoms with E-state index >= 15 is 0 Å². The molecule has 0 unspecified atom stereocenters. The van der Waals surface area contributed by atoms with Gasteiger partial charge in [-0.1, -0.05) is 7.43 Å². The summed E-state index contributed by atoms with van der Waals surface area (Å²) in [5.41, 5.74) is 16.4. The predicted molar refractivity (Wildman–Crippen MR) is 212 cm³/mol. The van der Waals surface area contributed by atoms with Gasteiger partial charge in [0.05, 0.1) is 40.8 Å². The molecule has 0 N–H and O–H groups in total. The van der Waals surface area contributed by atoms with E-state index in [1.807, 2.05) is 49.1 Å². The van der Waals surface area contributed by atoms with Crippen molar-refractivity contribution in [2.24, 2.45) is 0 Å². The number of rotatable bonds is 6. The zero-order chi connectivity index (χ0) is 37.1. The van der Waals surface area contributed by atoms with Crippen molar-refractivity contribution in [2.75, 3.05) is 6.61 Å². The fourth-order valence-corrected chi connectivity index (χ4v) is 7.99. The second-order valence-electron chi connectivity index (χ2n) is 14.8. The van der Waals surface area contributed by atoms with Crippen molar-refractivity contribution in [2.45, 2.75) is 113 Å². The Bertz CT molecular complexity index is 2450. The summed E-state index contributed by atoms with van der Waals surface area (Å²) in [6.45, 7) is 13.0. The van der Waals surface area contributed by atoms with E-state index in [0.717, 1.165) is 131 Å². The quantitative estimate of drug-likeness (QED) is 0.181. The van der Waals surface area contributed by atoms with Crippen LogP contribution >= 0.6 is 0 Å². The lowest BCUT2D eigenvalue weighted by molar-refractivity contribution is 0.290. The third-order valence-corrected chi connectivity index (χ3v) is 11.1. The summed E-state index contributed by atoms with van der Waals surface area (Å²) in [5.74, 6) is 2.62. The molecule has 0 saturated heterocycles. The van der Waals surface area contributed by atoms with Gasteiger partial charge in [0.25, 0.3) is 0 Å². The molecule has 0 spiro atoms. The Morgan fingerprint density at radius 1 is 0.582 bits per heavy atom.